The predicted octanol–water partition coefficient (Wildman–Crippen LogP) is 2.82. The molecule has 0 aliphatic heterocycles. The molecule has 19 heavy (non-hydrogen) atoms. The van der Waals surface area contributed by atoms with Gasteiger partial charge in [0.2, 0.25) is 0 Å². The summed E-state index contributed by atoms with van der Waals surface area (Å²) in [5.41, 5.74) is 6.24. The maximum absolute atomic E-state index is 5.85. The van der Waals surface area contributed by atoms with Crippen molar-refractivity contribution in [3.8, 4) is 23.3 Å². The minimum absolute atomic E-state index is 0.336. The van der Waals surface area contributed by atoms with Gasteiger partial charge in [-0.25, -0.2) is 0 Å². The van der Waals surface area contributed by atoms with Gasteiger partial charge < -0.3 is 15.2 Å². The van der Waals surface area contributed by atoms with E-state index in [9.17, 15) is 0 Å². The van der Waals surface area contributed by atoms with E-state index in [1.807, 2.05) is 18.2 Å². The van der Waals surface area contributed by atoms with Gasteiger partial charge in [0.05, 0.1) is 25.8 Å². The molecule has 3 heteroatoms. The molecule has 0 amide bonds. The molecule has 0 heterocycles. The third kappa shape index (κ3) is 5.23. The van der Waals surface area contributed by atoms with Crippen molar-refractivity contribution in [2.75, 3.05) is 20.3 Å². The number of ether oxygens (including phenoxy) is 2. The van der Waals surface area contributed by atoms with Crippen molar-refractivity contribution in [1.29, 1.82) is 0 Å². The topological polar surface area (TPSA) is 44.5 Å². The molecule has 1 rings (SSSR count). The molecule has 2 N–H and O–H groups in total. The highest BCUT2D eigenvalue weighted by atomic mass is 16.5. The predicted molar refractivity (Wildman–Crippen MR) is 78.5 cm³/mol. The van der Waals surface area contributed by atoms with Crippen molar-refractivity contribution in [2.45, 2.75) is 26.7 Å². The summed E-state index contributed by atoms with van der Waals surface area (Å²) < 4.78 is 11.0. The molecular weight excluding hydrogens is 238 g/mol. The first-order valence-corrected chi connectivity index (χ1v) is 6.71. The van der Waals surface area contributed by atoms with E-state index in [0.717, 1.165) is 17.1 Å². The SMILES string of the molecule is CCCC(C)COc1ccc(OC)cc1C#CCN. The van der Waals surface area contributed by atoms with E-state index < -0.39 is 0 Å². The van der Waals surface area contributed by atoms with Gasteiger partial charge in [-0.05, 0) is 30.5 Å². The molecule has 0 saturated carbocycles. The number of rotatable bonds is 6. The lowest BCUT2D eigenvalue weighted by molar-refractivity contribution is 0.250. The van der Waals surface area contributed by atoms with Crippen LogP contribution in [0.2, 0.25) is 0 Å². The zero-order chi connectivity index (χ0) is 14.1. The molecule has 1 aromatic rings. The van der Waals surface area contributed by atoms with Gasteiger partial charge in [0.1, 0.15) is 11.5 Å². The Morgan fingerprint density at radius 1 is 1.37 bits per heavy atom. The van der Waals surface area contributed by atoms with Gasteiger partial charge in [0.15, 0.2) is 0 Å². The Labute approximate surface area is 116 Å². The highest BCUT2D eigenvalue weighted by Crippen LogP contribution is 2.24. The number of hydrogen-bond acceptors (Lipinski definition) is 3. The molecule has 0 aliphatic rings. The standard InChI is InChI=1S/C16H23NO2/c1-4-6-13(2)12-19-16-9-8-15(18-3)11-14(16)7-5-10-17/h8-9,11,13H,4,6,10,12,17H2,1-3H3. The van der Waals surface area contributed by atoms with Gasteiger partial charge in [-0.15, -0.1) is 0 Å². The van der Waals surface area contributed by atoms with Gasteiger partial charge in [0, 0.05) is 0 Å². The summed E-state index contributed by atoms with van der Waals surface area (Å²) in [7, 11) is 1.64. The zero-order valence-corrected chi connectivity index (χ0v) is 12.0. The molecular formula is C16H23NO2. The molecule has 3 nitrogen and oxygen atoms in total. The van der Waals surface area contributed by atoms with E-state index >= 15 is 0 Å². The van der Waals surface area contributed by atoms with Gasteiger partial charge in [-0.1, -0.05) is 32.1 Å². The smallest absolute Gasteiger partial charge is 0.135 e. The largest absolute Gasteiger partial charge is 0.497 e. The lowest BCUT2D eigenvalue weighted by Gasteiger charge is -2.14. The van der Waals surface area contributed by atoms with Crippen LogP contribution in [0.5, 0.6) is 11.5 Å². The summed E-state index contributed by atoms with van der Waals surface area (Å²) in [6.07, 6.45) is 2.34. The van der Waals surface area contributed by atoms with Crippen LogP contribution in [-0.2, 0) is 0 Å². The monoisotopic (exact) mass is 261 g/mol. The number of methoxy groups -OCH3 is 1. The first kappa shape index (κ1) is 15.4. The molecule has 1 atom stereocenters. The Kier molecular flexibility index (Phi) is 6.84. The summed E-state index contributed by atoms with van der Waals surface area (Å²) in [4.78, 5) is 0. The van der Waals surface area contributed by atoms with Crippen molar-refractivity contribution in [2.24, 2.45) is 11.7 Å². The summed E-state index contributed by atoms with van der Waals surface area (Å²) in [5.74, 6) is 7.99. The van der Waals surface area contributed by atoms with Crippen LogP contribution in [0.3, 0.4) is 0 Å². The second-order valence-electron chi connectivity index (χ2n) is 4.57. The Morgan fingerprint density at radius 2 is 2.16 bits per heavy atom. The quantitative estimate of drug-likeness (QED) is 0.801. The maximum Gasteiger partial charge on any atom is 0.135 e. The lowest BCUT2D eigenvalue weighted by atomic mass is 10.1. The summed E-state index contributed by atoms with van der Waals surface area (Å²) in [6.45, 7) is 5.42. The summed E-state index contributed by atoms with van der Waals surface area (Å²) in [6, 6.07) is 5.66. The van der Waals surface area contributed by atoms with Gasteiger partial charge in [0.25, 0.3) is 0 Å². The fraction of sp³-hybridized carbons (Fsp3) is 0.500. The third-order valence-corrected chi connectivity index (χ3v) is 2.82. The van der Waals surface area contributed by atoms with Crippen LogP contribution in [0.15, 0.2) is 18.2 Å². The molecule has 1 unspecified atom stereocenters. The number of benzene rings is 1. The second-order valence-corrected chi connectivity index (χ2v) is 4.57. The van der Waals surface area contributed by atoms with Crippen LogP contribution in [0, 0.1) is 17.8 Å². The van der Waals surface area contributed by atoms with Crippen molar-refractivity contribution < 1.29 is 9.47 Å². The fourth-order valence-electron chi connectivity index (χ4n) is 1.81. The first-order chi connectivity index (χ1) is 9.21. The molecule has 0 spiro atoms. The zero-order valence-electron chi connectivity index (χ0n) is 12.0. The molecule has 104 valence electrons. The van der Waals surface area contributed by atoms with Crippen LogP contribution >= 0.6 is 0 Å². The van der Waals surface area contributed by atoms with Crippen molar-refractivity contribution in [3.05, 3.63) is 23.8 Å². The maximum atomic E-state index is 5.85. The van der Waals surface area contributed by atoms with E-state index in [0.29, 0.717) is 19.1 Å². The van der Waals surface area contributed by atoms with E-state index in [4.69, 9.17) is 15.2 Å². The Hall–Kier alpha value is -1.66. The molecule has 0 radical (unpaired) electrons. The Morgan fingerprint density at radius 3 is 2.79 bits per heavy atom. The highest BCUT2D eigenvalue weighted by Gasteiger charge is 2.06. The van der Waals surface area contributed by atoms with E-state index in [1.54, 1.807) is 7.11 Å². The van der Waals surface area contributed by atoms with Crippen molar-refractivity contribution in [1.82, 2.24) is 0 Å². The Bertz CT molecular complexity index is 446. The second kappa shape index (κ2) is 8.44. The van der Waals surface area contributed by atoms with Crippen LogP contribution < -0.4 is 15.2 Å². The molecule has 0 fully saturated rings. The van der Waals surface area contributed by atoms with Crippen LogP contribution in [0.1, 0.15) is 32.3 Å². The normalized spacial score (nSPS) is 11.4. The molecule has 0 bridgehead atoms. The van der Waals surface area contributed by atoms with Crippen molar-refractivity contribution >= 4 is 0 Å². The van der Waals surface area contributed by atoms with E-state index in [1.165, 1.54) is 12.8 Å². The molecule has 0 aromatic heterocycles. The fourth-order valence-corrected chi connectivity index (χ4v) is 1.81. The summed E-state index contributed by atoms with van der Waals surface area (Å²) >= 11 is 0. The Balaban J connectivity index is 2.80. The molecule has 0 saturated heterocycles. The minimum atomic E-state index is 0.336. The average Bonchev–Trinajstić information content (AvgIpc) is 2.43. The van der Waals surface area contributed by atoms with Gasteiger partial charge in [-0.2, -0.15) is 0 Å². The summed E-state index contributed by atoms with van der Waals surface area (Å²) in [5, 5.41) is 0. The highest BCUT2D eigenvalue weighted by molar-refractivity contribution is 5.50. The van der Waals surface area contributed by atoms with Crippen LogP contribution in [0.4, 0.5) is 0 Å². The molecule has 0 aliphatic carbocycles. The third-order valence-electron chi connectivity index (χ3n) is 2.82. The van der Waals surface area contributed by atoms with Gasteiger partial charge >= 0.3 is 0 Å². The van der Waals surface area contributed by atoms with Crippen LogP contribution in [-0.4, -0.2) is 20.3 Å². The van der Waals surface area contributed by atoms with E-state index in [-0.39, 0.29) is 0 Å². The van der Waals surface area contributed by atoms with Gasteiger partial charge in [-0.3, -0.25) is 0 Å². The minimum Gasteiger partial charge on any atom is -0.497 e. The van der Waals surface area contributed by atoms with Crippen molar-refractivity contribution in [3.63, 3.8) is 0 Å². The first-order valence-electron chi connectivity index (χ1n) is 6.71. The number of nitrogens with two attached hydrogens (primary N) is 1. The number of hydrogen-bond donors (Lipinski definition) is 1. The molecule has 1 aromatic carbocycles. The lowest BCUT2D eigenvalue weighted by Crippen LogP contribution is -2.09. The van der Waals surface area contributed by atoms with E-state index in [2.05, 4.69) is 25.7 Å². The van der Waals surface area contributed by atoms with Crippen LogP contribution in [0.25, 0.3) is 0 Å². The average molecular weight is 261 g/mol.